The van der Waals surface area contributed by atoms with Gasteiger partial charge in [-0.15, -0.1) is 0 Å². The second-order valence-electron chi connectivity index (χ2n) is 3.12. The SMILES string of the molecule is CC.CC.CC(C)(C)c1cnco1. The highest BCUT2D eigenvalue weighted by Gasteiger charge is 2.16. The molecule has 2 heteroatoms. The lowest BCUT2D eigenvalue weighted by Gasteiger charge is -2.12. The highest BCUT2D eigenvalue weighted by molar-refractivity contribution is 5.02. The van der Waals surface area contributed by atoms with Crippen molar-refractivity contribution in [2.45, 2.75) is 53.9 Å². The second kappa shape index (κ2) is 7.84. The lowest BCUT2D eigenvalue weighted by molar-refractivity contribution is 0.408. The largest absolute Gasteiger partial charge is 0.448 e. The minimum absolute atomic E-state index is 0.0938. The number of aromatic nitrogens is 1. The molecule has 1 aromatic rings. The van der Waals surface area contributed by atoms with Crippen molar-refractivity contribution >= 4 is 0 Å². The molecule has 0 aliphatic rings. The van der Waals surface area contributed by atoms with Crippen LogP contribution in [0.15, 0.2) is 17.0 Å². The molecule has 1 aromatic heterocycles. The molecule has 0 fully saturated rings. The average Bonchev–Trinajstić information content (AvgIpc) is 2.63. The molecule has 1 rings (SSSR count). The summed E-state index contributed by atoms with van der Waals surface area (Å²) in [5.41, 5.74) is 0.0938. The van der Waals surface area contributed by atoms with Crippen LogP contribution in [0.25, 0.3) is 0 Å². The fourth-order valence-electron chi connectivity index (χ4n) is 0.586. The summed E-state index contributed by atoms with van der Waals surface area (Å²) in [6.45, 7) is 14.3. The molecule has 1 heterocycles. The van der Waals surface area contributed by atoms with E-state index in [1.165, 1.54) is 6.39 Å². The number of nitrogens with zero attached hydrogens (tertiary/aromatic N) is 1. The van der Waals surface area contributed by atoms with E-state index in [0.717, 1.165) is 5.76 Å². The first kappa shape index (κ1) is 14.7. The highest BCUT2D eigenvalue weighted by Crippen LogP contribution is 2.20. The van der Waals surface area contributed by atoms with Crippen LogP contribution in [0.2, 0.25) is 0 Å². The van der Waals surface area contributed by atoms with E-state index < -0.39 is 0 Å². The number of hydrogen-bond acceptors (Lipinski definition) is 2. The molecule has 0 unspecified atom stereocenters. The molecule has 0 atom stereocenters. The van der Waals surface area contributed by atoms with E-state index >= 15 is 0 Å². The molecule has 0 saturated heterocycles. The van der Waals surface area contributed by atoms with Gasteiger partial charge in [-0.25, -0.2) is 4.98 Å². The van der Waals surface area contributed by atoms with Gasteiger partial charge < -0.3 is 4.42 Å². The molecule has 0 N–H and O–H groups in total. The third-order valence-corrected chi connectivity index (χ3v) is 1.17. The van der Waals surface area contributed by atoms with Crippen molar-refractivity contribution in [2.24, 2.45) is 0 Å². The third kappa shape index (κ3) is 6.38. The van der Waals surface area contributed by atoms with Gasteiger partial charge in [0, 0.05) is 5.41 Å². The van der Waals surface area contributed by atoms with Gasteiger partial charge in [0.2, 0.25) is 0 Å². The second-order valence-corrected chi connectivity index (χ2v) is 3.12. The zero-order valence-electron chi connectivity index (χ0n) is 10.0. The Kier molecular flexibility index (Phi) is 8.87. The van der Waals surface area contributed by atoms with Gasteiger partial charge in [0.05, 0.1) is 6.20 Å². The van der Waals surface area contributed by atoms with Crippen molar-refractivity contribution in [3.05, 3.63) is 18.4 Å². The molecule has 0 spiro atoms. The van der Waals surface area contributed by atoms with Crippen LogP contribution in [0.4, 0.5) is 0 Å². The summed E-state index contributed by atoms with van der Waals surface area (Å²) in [6.07, 6.45) is 3.21. The molecule has 0 amide bonds. The summed E-state index contributed by atoms with van der Waals surface area (Å²) in [5.74, 6) is 0.933. The Morgan fingerprint density at radius 1 is 1.08 bits per heavy atom. The van der Waals surface area contributed by atoms with Crippen molar-refractivity contribution in [3.8, 4) is 0 Å². The van der Waals surface area contributed by atoms with Crippen LogP contribution in [-0.2, 0) is 5.41 Å². The third-order valence-electron chi connectivity index (χ3n) is 1.17. The molecule has 0 radical (unpaired) electrons. The maximum atomic E-state index is 5.09. The summed E-state index contributed by atoms with van der Waals surface area (Å²) in [5, 5.41) is 0. The maximum Gasteiger partial charge on any atom is 0.180 e. The van der Waals surface area contributed by atoms with Gasteiger partial charge in [-0.05, 0) is 0 Å². The predicted molar refractivity (Wildman–Crippen MR) is 57.9 cm³/mol. The fourth-order valence-corrected chi connectivity index (χ4v) is 0.586. The van der Waals surface area contributed by atoms with Crippen LogP contribution in [0.5, 0.6) is 0 Å². The first-order valence-electron chi connectivity index (χ1n) is 4.99. The molecular weight excluding hydrogens is 162 g/mol. The molecule has 78 valence electrons. The molecule has 0 aromatic carbocycles. The number of hydrogen-bond donors (Lipinski definition) is 0. The van der Waals surface area contributed by atoms with Crippen molar-refractivity contribution < 1.29 is 4.42 Å². The lowest BCUT2D eigenvalue weighted by atomic mass is 9.94. The Balaban J connectivity index is 0. The Morgan fingerprint density at radius 2 is 1.54 bits per heavy atom. The van der Waals surface area contributed by atoms with Crippen LogP contribution < -0.4 is 0 Å². The van der Waals surface area contributed by atoms with Gasteiger partial charge in [-0.2, -0.15) is 0 Å². The number of oxazole rings is 1. The van der Waals surface area contributed by atoms with Crippen LogP contribution in [0.3, 0.4) is 0 Å². The predicted octanol–water partition coefficient (Wildman–Crippen LogP) is 4.02. The molecule has 0 bridgehead atoms. The van der Waals surface area contributed by atoms with Crippen molar-refractivity contribution in [1.82, 2.24) is 4.98 Å². The Morgan fingerprint density at radius 3 is 1.69 bits per heavy atom. The monoisotopic (exact) mass is 185 g/mol. The van der Waals surface area contributed by atoms with E-state index in [2.05, 4.69) is 25.8 Å². The van der Waals surface area contributed by atoms with E-state index in [1.54, 1.807) is 6.20 Å². The summed E-state index contributed by atoms with van der Waals surface area (Å²) in [4.78, 5) is 3.82. The highest BCUT2D eigenvalue weighted by atomic mass is 16.3. The maximum absolute atomic E-state index is 5.09. The van der Waals surface area contributed by atoms with E-state index in [1.807, 2.05) is 27.7 Å². The molecule has 2 nitrogen and oxygen atoms in total. The molecule has 0 aliphatic heterocycles. The normalized spacial score (nSPS) is 9.15. The molecule has 0 saturated carbocycles. The smallest absolute Gasteiger partial charge is 0.180 e. The Hall–Kier alpha value is -0.790. The zero-order chi connectivity index (χ0) is 10.9. The van der Waals surface area contributed by atoms with Crippen LogP contribution in [-0.4, -0.2) is 4.98 Å². The van der Waals surface area contributed by atoms with Crippen LogP contribution in [0.1, 0.15) is 54.2 Å². The summed E-state index contributed by atoms with van der Waals surface area (Å²) < 4.78 is 5.09. The van der Waals surface area contributed by atoms with E-state index in [-0.39, 0.29) is 5.41 Å². The van der Waals surface area contributed by atoms with Crippen molar-refractivity contribution in [2.75, 3.05) is 0 Å². The van der Waals surface area contributed by atoms with Crippen LogP contribution >= 0.6 is 0 Å². The van der Waals surface area contributed by atoms with E-state index in [0.29, 0.717) is 0 Å². The van der Waals surface area contributed by atoms with E-state index in [9.17, 15) is 0 Å². The van der Waals surface area contributed by atoms with Gasteiger partial charge in [0.1, 0.15) is 5.76 Å². The quantitative estimate of drug-likeness (QED) is 0.610. The molecule has 0 aliphatic carbocycles. The summed E-state index contributed by atoms with van der Waals surface area (Å²) in [7, 11) is 0. The standard InChI is InChI=1S/C7H11NO.2C2H6/c1-7(2,3)6-4-8-5-9-6;2*1-2/h4-5H,1-3H3;2*1-2H3. The molecular formula is C11H23NO. The topological polar surface area (TPSA) is 26.0 Å². The van der Waals surface area contributed by atoms with Gasteiger partial charge in [-0.3, -0.25) is 0 Å². The van der Waals surface area contributed by atoms with Crippen molar-refractivity contribution in [3.63, 3.8) is 0 Å². The van der Waals surface area contributed by atoms with Crippen LogP contribution in [0, 0.1) is 0 Å². The van der Waals surface area contributed by atoms with Crippen molar-refractivity contribution in [1.29, 1.82) is 0 Å². The lowest BCUT2D eigenvalue weighted by Crippen LogP contribution is -2.08. The van der Waals surface area contributed by atoms with Gasteiger partial charge in [0.25, 0.3) is 0 Å². The van der Waals surface area contributed by atoms with Gasteiger partial charge in [-0.1, -0.05) is 48.5 Å². The van der Waals surface area contributed by atoms with Gasteiger partial charge in [0.15, 0.2) is 6.39 Å². The average molecular weight is 185 g/mol. The fraction of sp³-hybridized carbons (Fsp3) is 0.727. The summed E-state index contributed by atoms with van der Waals surface area (Å²) in [6, 6.07) is 0. The zero-order valence-corrected chi connectivity index (χ0v) is 10.0. The van der Waals surface area contributed by atoms with E-state index in [4.69, 9.17) is 4.42 Å². The minimum atomic E-state index is 0.0938. The summed E-state index contributed by atoms with van der Waals surface area (Å²) >= 11 is 0. The first-order chi connectivity index (χ1) is 6.11. The minimum Gasteiger partial charge on any atom is -0.448 e. The Bertz CT molecular complexity index is 172. The number of rotatable bonds is 0. The molecule has 13 heavy (non-hydrogen) atoms. The first-order valence-corrected chi connectivity index (χ1v) is 4.99. The Labute approximate surface area is 82.4 Å². The van der Waals surface area contributed by atoms with Gasteiger partial charge >= 0.3 is 0 Å².